The minimum Gasteiger partial charge on any atom is -0.497 e. The molecule has 1 amide bonds. The van der Waals surface area contributed by atoms with Gasteiger partial charge in [0.15, 0.2) is 11.5 Å². The van der Waals surface area contributed by atoms with E-state index in [0.717, 1.165) is 16.9 Å². The van der Waals surface area contributed by atoms with Crippen LogP contribution in [0.1, 0.15) is 37.9 Å². The summed E-state index contributed by atoms with van der Waals surface area (Å²) in [5.74, 6) is 2.12. The minimum atomic E-state index is -0.0810. The summed E-state index contributed by atoms with van der Waals surface area (Å²) in [5.41, 5.74) is 1.91. The van der Waals surface area contributed by atoms with Gasteiger partial charge in [0.2, 0.25) is 5.91 Å². The number of carbonyl (C=O) groups is 1. The maximum Gasteiger partial charge on any atom is 0.224 e. The molecule has 140 valence electrons. The number of amides is 1. The molecule has 0 saturated heterocycles. The second-order valence-electron chi connectivity index (χ2n) is 5.89. The van der Waals surface area contributed by atoms with Crippen molar-refractivity contribution in [2.45, 2.75) is 33.2 Å². The van der Waals surface area contributed by atoms with Crippen LogP contribution in [-0.4, -0.2) is 26.2 Å². The summed E-state index contributed by atoms with van der Waals surface area (Å²) in [5, 5.41) is 3.02. The highest BCUT2D eigenvalue weighted by molar-refractivity contribution is 5.79. The van der Waals surface area contributed by atoms with Crippen molar-refractivity contribution in [3.05, 3.63) is 53.6 Å². The SMILES string of the molecule is CCOc1ccc(CC(=O)N[C@H](C)c2ccc(OC)cc2)cc1OCC. The molecule has 1 N–H and O–H groups in total. The Hall–Kier alpha value is -2.69. The van der Waals surface area contributed by atoms with Gasteiger partial charge in [0, 0.05) is 0 Å². The number of ether oxygens (including phenoxy) is 3. The molecule has 0 spiro atoms. The number of methoxy groups -OCH3 is 1. The Labute approximate surface area is 155 Å². The molecule has 0 heterocycles. The van der Waals surface area contributed by atoms with Crippen LogP contribution in [0.4, 0.5) is 0 Å². The third kappa shape index (κ3) is 5.41. The van der Waals surface area contributed by atoms with Crippen molar-refractivity contribution in [3.63, 3.8) is 0 Å². The van der Waals surface area contributed by atoms with Crippen LogP contribution < -0.4 is 19.5 Å². The minimum absolute atomic E-state index is 0.0417. The summed E-state index contributed by atoms with van der Waals surface area (Å²) in [4.78, 5) is 12.4. The molecule has 0 aromatic heterocycles. The first-order valence-electron chi connectivity index (χ1n) is 8.89. The predicted octanol–water partition coefficient (Wildman–Crippen LogP) is 3.91. The van der Waals surface area contributed by atoms with Gasteiger partial charge >= 0.3 is 0 Å². The Kier molecular flexibility index (Phi) is 7.33. The van der Waals surface area contributed by atoms with Crippen LogP contribution >= 0.6 is 0 Å². The predicted molar refractivity (Wildman–Crippen MR) is 102 cm³/mol. The van der Waals surface area contributed by atoms with E-state index >= 15 is 0 Å². The van der Waals surface area contributed by atoms with Crippen molar-refractivity contribution in [2.24, 2.45) is 0 Å². The molecule has 0 aliphatic heterocycles. The average molecular weight is 357 g/mol. The van der Waals surface area contributed by atoms with E-state index in [4.69, 9.17) is 14.2 Å². The smallest absolute Gasteiger partial charge is 0.224 e. The largest absolute Gasteiger partial charge is 0.497 e. The first kappa shape index (κ1) is 19.6. The molecule has 0 aliphatic rings. The van der Waals surface area contributed by atoms with Crippen molar-refractivity contribution in [1.82, 2.24) is 5.32 Å². The van der Waals surface area contributed by atoms with Crippen molar-refractivity contribution in [1.29, 1.82) is 0 Å². The van der Waals surface area contributed by atoms with E-state index in [-0.39, 0.29) is 18.4 Å². The van der Waals surface area contributed by atoms with Crippen molar-refractivity contribution in [2.75, 3.05) is 20.3 Å². The fourth-order valence-electron chi connectivity index (χ4n) is 2.66. The fraction of sp³-hybridized carbons (Fsp3) is 0.381. The van der Waals surface area contributed by atoms with E-state index in [1.807, 2.05) is 63.2 Å². The van der Waals surface area contributed by atoms with Gasteiger partial charge in [-0.1, -0.05) is 18.2 Å². The molecule has 1 atom stereocenters. The highest BCUT2D eigenvalue weighted by Crippen LogP contribution is 2.28. The Bertz CT molecular complexity index is 712. The maximum atomic E-state index is 12.4. The summed E-state index contributed by atoms with van der Waals surface area (Å²) in [7, 11) is 1.63. The molecule has 0 bridgehead atoms. The maximum absolute atomic E-state index is 12.4. The quantitative estimate of drug-likeness (QED) is 0.739. The number of hydrogen-bond donors (Lipinski definition) is 1. The third-order valence-corrected chi connectivity index (χ3v) is 3.97. The van der Waals surface area contributed by atoms with Gasteiger partial charge in [-0.25, -0.2) is 0 Å². The Morgan fingerprint density at radius 1 is 1.00 bits per heavy atom. The monoisotopic (exact) mass is 357 g/mol. The van der Waals surface area contributed by atoms with Gasteiger partial charge in [0.1, 0.15) is 5.75 Å². The second kappa shape index (κ2) is 9.70. The van der Waals surface area contributed by atoms with E-state index < -0.39 is 0 Å². The van der Waals surface area contributed by atoms with E-state index in [2.05, 4.69) is 5.32 Å². The van der Waals surface area contributed by atoms with E-state index in [9.17, 15) is 4.79 Å². The normalized spacial score (nSPS) is 11.5. The molecule has 0 fully saturated rings. The molecule has 0 aliphatic carbocycles. The summed E-state index contributed by atoms with van der Waals surface area (Å²) in [6.07, 6.45) is 0.285. The fourth-order valence-corrected chi connectivity index (χ4v) is 2.66. The van der Waals surface area contributed by atoms with Gasteiger partial charge in [0.25, 0.3) is 0 Å². The van der Waals surface area contributed by atoms with Crippen LogP contribution in [0.5, 0.6) is 17.2 Å². The molecule has 26 heavy (non-hydrogen) atoms. The van der Waals surface area contributed by atoms with Gasteiger partial charge < -0.3 is 19.5 Å². The summed E-state index contributed by atoms with van der Waals surface area (Å²) >= 11 is 0. The lowest BCUT2D eigenvalue weighted by molar-refractivity contribution is -0.121. The zero-order valence-corrected chi connectivity index (χ0v) is 15.9. The first-order chi connectivity index (χ1) is 12.6. The lowest BCUT2D eigenvalue weighted by Crippen LogP contribution is -2.28. The van der Waals surface area contributed by atoms with Crippen LogP contribution in [0.15, 0.2) is 42.5 Å². The van der Waals surface area contributed by atoms with Crippen LogP contribution in [-0.2, 0) is 11.2 Å². The van der Waals surface area contributed by atoms with Crippen LogP contribution in [0.3, 0.4) is 0 Å². The summed E-state index contributed by atoms with van der Waals surface area (Å²) < 4.78 is 16.3. The standard InChI is InChI=1S/C21H27NO4/c1-5-25-19-12-7-16(13-20(19)26-6-2)14-21(23)22-15(3)17-8-10-18(24-4)11-9-17/h7-13,15H,5-6,14H2,1-4H3,(H,22,23)/t15-/m1/s1. The molecule has 5 heteroatoms. The average Bonchev–Trinajstić information content (AvgIpc) is 2.64. The van der Waals surface area contributed by atoms with E-state index in [1.165, 1.54) is 0 Å². The van der Waals surface area contributed by atoms with E-state index in [0.29, 0.717) is 24.7 Å². The highest BCUT2D eigenvalue weighted by atomic mass is 16.5. The van der Waals surface area contributed by atoms with Crippen LogP contribution in [0.25, 0.3) is 0 Å². The number of rotatable bonds is 9. The van der Waals surface area contributed by atoms with Gasteiger partial charge in [-0.05, 0) is 56.2 Å². The van der Waals surface area contributed by atoms with Crippen LogP contribution in [0, 0.1) is 0 Å². The molecule has 0 unspecified atom stereocenters. The lowest BCUT2D eigenvalue weighted by atomic mass is 10.1. The molecule has 2 rings (SSSR count). The van der Waals surface area contributed by atoms with Crippen molar-refractivity contribution in [3.8, 4) is 17.2 Å². The Morgan fingerprint density at radius 2 is 1.65 bits per heavy atom. The first-order valence-corrected chi connectivity index (χ1v) is 8.89. The lowest BCUT2D eigenvalue weighted by Gasteiger charge is -2.16. The Balaban J connectivity index is 2.00. The number of carbonyl (C=O) groups excluding carboxylic acids is 1. The molecular weight excluding hydrogens is 330 g/mol. The molecule has 5 nitrogen and oxygen atoms in total. The van der Waals surface area contributed by atoms with Gasteiger partial charge in [-0.2, -0.15) is 0 Å². The number of nitrogens with one attached hydrogen (secondary N) is 1. The van der Waals surface area contributed by atoms with E-state index in [1.54, 1.807) is 7.11 Å². The molecule has 0 saturated carbocycles. The molecule has 2 aromatic rings. The zero-order valence-electron chi connectivity index (χ0n) is 15.9. The van der Waals surface area contributed by atoms with Crippen molar-refractivity contribution < 1.29 is 19.0 Å². The highest BCUT2D eigenvalue weighted by Gasteiger charge is 2.12. The molecule has 0 radical (unpaired) electrons. The van der Waals surface area contributed by atoms with Gasteiger partial charge in [-0.3, -0.25) is 4.79 Å². The zero-order chi connectivity index (χ0) is 18.9. The molecule has 2 aromatic carbocycles. The van der Waals surface area contributed by atoms with Gasteiger partial charge in [0.05, 0.1) is 32.8 Å². The summed E-state index contributed by atoms with van der Waals surface area (Å²) in [6.45, 7) is 6.93. The van der Waals surface area contributed by atoms with Crippen molar-refractivity contribution >= 4 is 5.91 Å². The van der Waals surface area contributed by atoms with Crippen LogP contribution in [0.2, 0.25) is 0 Å². The number of benzene rings is 2. The number of hydrogen-bond acceptors (Lipinski definition) is 4. The van der Waals surface area contributed by atoms with Gasteiger partial charge in [-0.15, -0.1) is 0 Å². The third-order valence-electron chi connectivity index (χ3n) is 3.97. The summed E-state index contributed by atoms with van der Waals surface area (Å²) in [6, 6.07) is 13.2. The second-order valence-corrected chi connectivity index (χ2v) is 5.89. The Morgan fingerprint density at radius 3 is 2.27 bits per heavy atom. The topological polar surface area (TPSA) is 56.8 Å². The molecular formula is C21H27NO4.